The number of nitro benzene ring substituents is 1. The van der Waals surface area contributed by atoms with Crippen LogP contribution in [0.5, 0.6) is 0 Å². The van der Waals surface area contributed by atoms with Crippen LogP contribution in [0.4, 0.5) is 5.69 Å². The number of pyridine rings is 1. The van der Waals surface area contributed by atoms with Gasteiger partial charge in [0.15, 0.2) is 0 Å². The van der Waals surface area contributed by atoms with Gasteiger partial charge in [-0.3, -0.25) is 19.9 Å². The van der Waals surface area contributed by atoms with Crippen molar-refractivity contribution in [2.75, 3.05) is 19.6 Å². The van der Waals surface area contributed by atoms with Crippen LogP contribution < -0.4 is 0 Å². The first-order valence-corrected chi connectivity index (χ1v) is 11.7. The van der Waals surface area contributed by atoms with Crippen molar-refractivity contribution < 1.29 is 19.3 Å². The minimum atomic E-state index is -0.730. The lowest BCUT2D eigenvalue weighted by molar-refractivity contribution is -0.966. The number of non-ortho nitro benzene ring substituents is 1. The number of hydrogen-bond donors (Lipinski definition) is 1. The number of quaternary nitrogens is 1. The molecule has 2 bridgehead atoms. The van der Waals surface area contributed by atoms with Crippen LogP contribution in [0.15, 0.2) is 73.4 Å². The van der Waals surface area contributed by atoms with Gasteiger partial charge in [0, 0.05) is 48.0 Å². The fourth-order valence-corrected chi connectivity index (χ4v) is 6.11. The number of carbonyl (C=O) groups excluding carboxylic acids is 1. The van der Waals surface area contributed by atoms with Gasteiger partial charge in [-0.15, -0.1) is 6.58 Å². The Hall–Kier alpha value is -3.42. The van der Waals surface area contributed by atoms with Gasteiger partial charge in [0.1, 0.15) is 18.7 Å². The standard InChI is InChI=1S/C27H28N3O4/c1-2-18-16-30(17-26(31)19-7-9-21(10-8-19)29(33)34)14-12-20(18)15-25(30)27(32)23-11-13-28-24-6-4-3-5-22(23)24/h2-11,13,18,20,25,27,32H,1,12,14-17H2/q+1/t18-,20-,25-,27+,30-/m0/s1. The number of hydrogen-bond acceptors (Lipinski definition) is 5. The summed E-state index contributed by atoms with van der Waals surface area (Å²) < 4.78 is 0.501. The molecule has 5 atom stereocenters. The number of ketones is 1. The summed E-state index contributed by atoms with van der Waals surface area (Å²) in [5.74, 6) is 0.686. The van der Waals surface area contributed by atoms with Gasteiger partial charge in [0.25, 0.3) is 5.69 Å². The predicted molar refractivity (Wildman–Crippen MR) is 129 cm³/mol. The molecule has 2 aromatic carbocycles. The first-order valence-electron chi connectivity index (χ1n) is 11.7. The molecule has 7 heteroatoms. The number of aliphatic hydroxyl groups excluding tert-OH is 1. The number of para-hydroxylation sites is 1. The van der Waals surface area contributed by atoms with Crippen LogP contribution in [0.25, 0.3) is 10.9 Å². The van der Waals surface area contributed by atoms with Crippen molar-refractivity contribution in [3.05, 3.63) is 94.7 Å². The molecule has 3 fully saturated rings. The zero-order valence-electron chi connectivity index (χ0n) is 18.9. The Labute approximate surface area is 198 Å². The molecule has 1 N–H and O–H groups in total. The Morgan fingerprint density at radius 1 is 1.24 bits per heavy atom. The minimum absolute atomic E-state index is 0.0352. The highest BCUT2D eigenvalue weighted by molar-refractivity contribution is 5.97. The maximum Gasteiger partial charge on any atom is 0.269 e. The van der Waals surface area contributed by atoms with Gasteiger partial charge in [0.2, 0.25) is 5.78 Å². The van der Waals surface area contributed by atoms with Gasteiger partial charge in [-0.05, 0) is 35.7 Å². The highest BCUT2D eigenvalue weighted by atomic mass is 16.6. The largest absolute Gasteiger partial charge is 0.382 e. The van der Waals surface area contributed by atoms with Gasteiger partial charge in [-0.2, -0.15) is 0 Å². The molecule has 0 unspecified atom stereocenters. The van der Waals surface area contributed by atoms with Crippen molar-refractivity contribution in [2.24, 2.45) is 11.8 Å². The number of fused-ring (bicyclic) bond motifs is 4. The van der Waals surface area contributed by atoms with E-state index in [9.17, 15) is 20.0 Å². The molecule has 3 aliphatic rings. The Kier molecular flexibility index (Phi) is 5.75. The van der Waals surface area contributed by atoms with E-state index in [0.29, 0.717) is 21.9 Å². The summed E-state index contributed by atoms with van der Waals surface area (Å²) in [7, 11) is 0. The van der Waals surface area contributed by atoms with Crippen LogP contribution in [0.3, 0.4) is 0 Å². The first kappa shape index (κ1) is 22.4. The third kappa shape index (κ3) is 3.81. The number of aromatic nitrogens is 1. The molecule has 1 aromatic heterocycles. The predicted octanol–water partition coefficient (Wildman–Crippen LogP) is 4.47. The molecule has 6 rings (SSSR count). The number of carbonyl (C=O) groups is 1. The van der Waals surface area contributed by atoms with Gasteiger partial charge in [-0.25, -0.2) is 0 Å². The summed E-state index contributed by atoms with van der Waals surface area (Å²) in [4.78, 5) is 28.3. The number of Topliss-reactive ketones (excluding diaryl/α,β-unsaturated/α-hetero) is 1. The lowest BCUT2D eigenvalue weighted by Crippen LogP contribution is -2.69. The van der Waals surface area contributed by atoms with Crippen LogP contribution in [-0.2, 0) is 0 Å². The quantitative estimate of drug-likeness (QED) is 0.185. The molecule has 3 saturated heterocycles. The summed E-state index contributed by atoms with van der Waals surface area (Å²) in [5, 5.41) is 23.6. The summed E-state index contributed by atoms with van der Waals surface area (Å²) in [5.41, 5.74) is 2.11. The van der Waals surface area contributed by atoms with E-state index >= 15 is 0 Å². The Bertz CT molecular complexity index is 1250. The van der Waals surface area contributed by atoms with Crippen molar-refractivity contribution in [1.29, 1.82) is 0 Å². The van der Waals surface area contributed by atoms with E-state index < -0.39 is 11.0 Å². The van der Waals surface area contributed by atoms with Gasteiger partial charge in [0.05, 0.1) is 23.5 Å². The minimum Gasteiger partial charge on any atom is -0.382 e. The van der Waals surface area contributed by atoms with E-state index in [2.05, 4.69) is 11.6 Å². The Morgan fingerprint density at radius 3 is 2.74 bits per heavy atom. The summed E-state index contributed by atoms with van der Waals surface area (Å²) >= 11 is 0. The van der Waals surface area contributed by atoms with Gasteiger partial charge in [-0.1, -0.05) is 24.3 Å². The highest BCUT2D eigenvalue weighted by Gasteiger charge is 2.54. The van der Waals surface area contributed by atoms with Crippen molar-refractivity contribution in [3.8, 4) is 0 Å². The number of aliphatic hydroxyl groups is 1. The molecule has 174 valence electrons. The molecule has 0 spiro atoms. The smallest absolute Gasteiger partial charge is 0.269 e. The lowest BCUT2D eigenvalue weighted by atomic mass is 9.71. The molecule has 4 heterocycles. The summed E-state index contributed by atoms with van der Waals surface area (Å²) in [6, 6.07) is 15.4. The van der Waals surface area contributed by atoms with E-state index in [4.69, 9.17) is 0 Å². The number of nitrogens with zero attached hydrogens (tertiary/aromatic N) is 3. The Morgan fingerprint density at radius 2 is 2.00 bits per heavy atom. The second-order valence-electron chi connectivity index (χ2n) is 9.62. The molecular weight excluding hydrogens is 430 g/mol. The zero-order valence-corrected chi connectivity index (χ0v) is 18.9. The summed E-state index contributed by atoms with van der Waals surface area (Å²) in [6.45, 7) is 5.87. The fraction of sp³-hybridized carbons (Fsp3) is 0.333. The SMILES string of the molecule is C=C[C@H]1C[N@+]2(CC(=O)c3ccc([N+](=O)[O-])cc3)CC[C@H]1C[C@H]2[C@H](O)c1ccnc2ccccc12. The molecule has 0 radical (unpaired) electrons. The van der Waals surface area contributed by atoms with Crippen molar-refractivity contribution in [3.63, 3.8) is 0 Å². The Balaban J connectivity index is 1.49. The summed E-state index contributed by atoms with van der Waals surface area (Å²) in [6.07, 6.45) is 4.81. The monoisotopic (exact) mass is 458 g/mol. The maximum absolute atomic E-state index is 13.4. The van der Waals surface area contributed by atoms with Gasteiger partial charge >= 0.3 is 0 Å². The topological polar surface area (TPSA) is 93.3 Å². The number of piperidine rings is 3. The van der Waals surface area contributed by atoms with E-state index in [0.717, 1.165) is 42.4 Å². The van der Waals surface area contributed by atoms with Crippen LogP contribution in [0.2, 0.25) is 0 Å². The van der Waals surface area contributed by atoms with Crippen LogP contribution in [0, 0.1) is 22.0 Å². The average Bonchev–Trinajstić information content (AvgIpc) is 2.87. The molecule has 3 aliphatic heterocycles. The molecule has 0 saturated carbocycles. The van der Waals surface area contributed by atoms with Crippen molar-refractivity contribution >= 4 is 22.4 Å². The number of rotatable bonds is 7. The van der Waals surface area contributed by atoms with E-state index in [1.807, 2.05) is 36.4 Å². The normalized spacial score (nSPS) is 26.8. The third-order valence-corrected chi connectivity index (χ3v) is 7.90. The van der Waals surface area contributed by atoms with Crippen molar-refractivity contribution in [2.45, 2.75) is 25.0 Å². The number of nitro groups is 1. The highest BCUT2D eigenvalue weighted by Crippen LogP contribution is 2.47. The molecule has 3 aromatic rings. The second-order valence-corrected chi connectivity index (χ2v) is 9.62. The molecule has 0 aliphatic carbocycles. The molecular formula is C27H28N3O4+. The lowest BCUT2D eigenvalue weighted by Gasteiger charge is -2.57. The van der Waals surface area contributed by atoms with Crippen LogP contribution in [0.1, 0.15) is 34.9 Å². The van der Waals surface area contributed by atoms with Gasteiger partial charge < -0.3 is 9.59 Å². The second kappa shape index (κ2) is 8.74. The van der Waals surface area contributed by atoms with Crippen LogP contribution >= 0.6 is 0 Å². The average molecular weight is 459 g/mol. The maximum atomic E-state index is 13.4. The van der Waals surface area contributed by atoms with E-state index in [1.54, 1.807) is 6.20 Å². The van der Waals surface area contributed by atoms with Crippen molar-refractivity contribution in [1.82, 2.24) is 4.98 Å². The fourth-order valence-electron chi connectivity index (χ4n) is 6.11. The molecule has 7 nitrogen and oxygen atoms in total. The number of benzene rings is 2. The molecule has 34 heavy (non-hydrogen) atoms. The zero-order chi connectivity index (χ0) is 23.9. The van der Waals surface area contributed by atoms with E-state index in [1.165, 1.54) is 24.3 Å². The third-order valence-electron chi connectivity index (χ3n) is 7.90. The first-order chi connectivity index (χ1) is 16.4. The molecule has 0 amide bonds. The van der Waals surface area contributed by atoms with Crippen LogP contribution in [-0.4, -0.2) is 51.0 Å². The van der Waals surface area contributed by atoms with E-state index in [-0.39, 0.29) is 24.1 Å².